The van der Waals surface area contributed by atoms with Crippen molar-refractivity contribution >= 4 is 21.8 Å². The van der Waals surface area contributed by atoms with E-state index in [9.17, 15) is 4.79 Å². The number of benzene rings is 1. The lowest BCUT2D eigenvalue weighted by atomic mass is 9.95. The van der Waals surface area contributed by atoms with Crippen LogP contribution in [-0.4, -0.2) is 24.7 Å². The van der Waals surface area contributed by atoms with Gasteiger partial charge in [0.2, 0.25) is 5.91 Å². The molecule has 1 amide bonds. The molecule has 1 aliphatic rings. The molecular weight excluding hydrogens is 270 g/mol. The van der Waals surface area contributed by atoms with Crippen LogP contribution >= 0.6 is 15.9 Å². The molecule has 1 fully saturated rings. The quantitative estimate of drug-likeness (QED) is 0.900. The Morgan fingerprint density at radius 1 is 1.44 bits per heavy atom. The predicted octanol–water partition coefficient (Wildman–Crippen LogP) is 1.90. The first-order valence-corrected chi connectivity index (χ1v) is 6.02. The Morgan fingerprint density at radius 3 is 2.69 bits per heavy atom. The highest BCUT2D eigenvalue weighted by atomic mass is 79.9. The fourth-order valence-corrected chi connectivity index (χ4v) is 2.04. The van der Waals surface area contributed by atoms with Gasteiger partial charge in [-0.15, -0.1) is 0 Å². The van der Waals surface area contributed by atoms with E-state index in [1.807, 2.05) is 19.1 Å². The van der Waals surface area contributed by atoms with Crippen LogP contribution in [0.2, 0.25) is 0 Å². The predicted molar refractivity (Wildman–Crippen MR) is 65.2 cm³/mol. The minimum absolute atomic E-state index is 0.0340. The van der Waals surface area contributed by atoms with Gasteiger partial charge in [-0.1, -0.05) is 28.1 Å². The number of ether oxygens (including phenoxy) is 1. The minimum atomic E-state index is -0.290. The summed E-state index contributed by atoms with van der Waals surface area (Å²) in [6.45, 7) is 2.75. The Labute approximate surface area is 103 Å². The van der Waals surface area contributed by atoms with Crippen molar-refractivity contribution in [3.05, 3.63) is 34.3 Å². The van der Waals surface area contributed by atoms with Crippen LogP contribution in [0.4, 0.5) is 0 Å². The standard InChI is InChI=1S/C12H14BrNO2/c1-12(8-14-11(15)7-16-12)6-9-2-4-10(13)5-3-9/h2-5H,6-8H2,1H3,(H,14,15). The number of carbonyl (C=O) groups is 1. The molecule has 1 saturated heterocycles. The number of hydrogen-bond donors (Lipinski definition) is 1. The number of morpholine rings is 1. The second-order valence-corrected chi connectivity index (χ2v) is 5.23. The molecule has 1 N–H and O–H groups in total. The summed E-state index contributed by atoms with van der Waals surface area (Å²) in [5.41, 5.74) is 0.920. The molecule has 0 aliphatic carbocycles. The third kappa shape index (κ3) is 2.83. The van der Waals surface area contributed by atoms with E-state index in [0.717, 1.165) is 10.9 Å². The topological polar surface area (TPSA) is 38.3 Å². The molecule has 16 heavy (non-hydrogen) atoms. The summed E-state index contributed by atoms with van der Waals surface area (Å²) in [5, 5.41) is 2.83. The summed E-state index contributed by atoms with van der Waals surface area (Å²) >= 11 is 3.40. The van der Waals surface area contributed by atoms with Crippen LogP contribution < -0.4 is 5.32 Å². The van der Waals surface area contributed by atoms with Crippen LogP contribution in [-0.2, 0) is 16.0 Å². The van der Waals surface area contributed by atoms with Crippen molar-refractivity contribution < 1.29 is 9.53 Å². The van der Waals surface area contributed by atoms with Crippen LogP contribution in [0.1, 0.15) is 12.5 Å². The van der Waals surface area contributed by atoms with Crippen molar-refractivity contribution in [1.29, 1.82) is 0 Å². The van der Waals surface area contributed by atoms with Crippen molar-refractivity contribution in [3.8, 4) is 0 Å². The average molecular weight is 284 g/mol. The zero-order chi connectivity index (χ0) is 11.6. The zero-order valence-corrected chi connectivity index (χ0v) is 10.7. The fraction of sp³-hybridized carbons (Fsp3) is 0.417. The molecule has 1 aromatic carbocycles. The Balaban J connectivity index is 2.03. The summed E-state index contributed by atoms with van der Waals surface area (Å²) in [6, 6.07) is 8.16. The highest BCUT2D eigenvalue weighted by molar-refractivity contribution is 9.10. The SMILES string of the molecule is CC1(Cc2ccc(Br)cc2)CNC(=O)CO1. The Morgan fingerprint density at radius 2 is 2.12 bits per heavy atom. The van der Waals surface area contributed by atoms with Crippen molar-refractivity contribution in [2.75, 3.05) is 13.2 Å². The van der Waals surface area contributed by atoms with Crippen LogP contribution in [0.5, 0.6) is 0 Å². The largest absolute Gasteiger partial charge is 0.363 e. The van der Waals surface area contributed by atoms with Gasteiger partial charge in [0.1, 0.15) is 6.61 Å². The zero-order valence-electron chi connectivity index (χ0n) is 9.13. The monoisotopic (exact) mass is 283 g/mol. The molecule has 3 nitrogen and oxygen atoms in total. The van der Waals surface area contributed by atoms with Gasteiger partial charge in [-0.2, -0.15) is 0 Å². The molecule has 86 valence electrons. The number of rotatable bonds is 2. The second kappa shape index (κ2) is 4.55. The van der Waals surface area contributed by atoms with Gasteiger partial charge in [0.05, 0.1) is 5.60 Å². The molecule has 1 heterocycles. The van der Waals surface area contributed by atoms with Gasteiger partial charge in [0, 0.05) is 17.4 Å². The molecule has 2 rings (SSSR count). The third-order valence-electron chi connectivity index (χ3n) is 2.70. The maximum absolute atomic E-state index is 11.0. The molecule has 1 unspecified atom stereocenters. The second-order valence-electron chi connectivity index (χ2n) is 4.32. The highest BCUT2D eigenvalue weighted by Crippen LogP contribution is 2.20. The molecule has 1 aliphatic heterocycles. The first-order chi connectivity index (χ1) is 7.57. The highest BCUT2D eigenvalue weighted by Gasteiger charge is 2.30. The van der Waals surface area contributed by atoms with Gasteiger partial charge in [-0.3, -0.25) is 4.79 Å². The summed E-state index contributed by atoms with van der Waals surface area (Å²) in [4.78, 5) is 11.0. The van der Waals surface area contributed by atoms with E-state index in [-0.39, 0.29) is 18.1 Å². The molecule has 0 spiro atoms. The molecule has 4 heteroatoms. The maximum Gasteiger partial charge on any atom is 0.246 e. The van der Waals surface area contributed by atoms with Gasteiger partial charge >= 0.3 is 0 Å². The molecule has 0 aromatic heterocycles. The van der Waals surface area contributed by atoms with Gasteiger partial charge in [0.15, 0.2) is 0 Å². The molecule has 0 radical (unpaired) electrons. The van der Waals surface area contributed by atoms with E-state index in [2.05, 4.69) is 33.4 Å². The smallest absolute Gasteiger partial charge is 0.246 e. The summed E-state index contributed by atoms with van der Waals surface area (Å²) < 4.78 is 6.66. The normalized spacial score (nSPS) is 25.2. The summed E-state index contributed by atoms with van der Waals surface area (Å²) in [6.07, 6.45) is 0.806. The lowest BCUT2D eigenvalue weighted by molar-refractivity contribution is -0.141. The van der Waals surface area contributed by atoms with E-state index >= 15 is 0 Å². The average Bonchev–Trinajstić information content (AvgIpc) is 2.27. The number of halogens is 1. The van der Waals surface area contributed by atoms with Gasteiger partial charge in [0.25, 0.3) is 0 Å². The Hall–Kier alpha value is -0.870. The van der Waals surface area contributed by atoms with Crippen LogP contribution in [0.25, 0.3) is 0 Å². The first kappa shape index (κ1) is 11.6. The van der Waals surface area contributed by atoms with Gasteiger partial charge < -0.3 is 10.1 Å². The van der Waals surface area contributed by atoms with Gasteiger partial charge in [-0.25, -0.2) is 0 Å². The van der Waals surface area contributed by atoms with Crippen molar-refractivity contribution in [2.24, 2.45) is 0 Å². The van der Waals surface area contributed by atoms with E-state index in [4.69, 9.17) is 4.74 Å². The number of carbonyl (C=O) groups excluding carboxylic acids is 1. The van der Waals surface area contributed by atoms with Crippen LogP contribution in [0.3, 0.4) is 0 Å². The minimum Gasteiger partial charge on any atom is -0.363 e. The summed E-state index contributed by atoms with van der Waals surface area (Å²) in [5.74, 6) is -0.0340. The third-order valence-corrected chi connectivity index (χ3v) is 3.23. The van der Waals surface area contributed by atoms with Crippen molar-refractivity contribution in [3.63, 3.8) is 0 Å². The summed E-state index contributed by atoms with van der Waals surface area (Å²) in [7, 11) is 0. The number of hydrogen-bond acceptors (Lipinski definition) is 2. The van der Waals surface area contributed by atoms with Crippen LogP contribution in [0, 0.1) is 0 Å². The molecular formula is C12H14BrNO2. The Kier molecular flexibility index (Phi) is 3.30. The molecule has 1 aromatic rings. The molecule has 1 atom stereocenters. The Bertz CT molecular complexity index is 379. The number of nitrogens with one attached hydrogen (secondary N) is 1. The van der Waals surface area contributed by atoms with E-state index < -0.39 is 0 Å². The van der Waals surface area contributed by atoms with E-state index in [0.29, 0.717) is 6.54 Å². The van der Waals surface area contributed by atoms with Gasteiger partial charge in [-0.05, 0) is 24.6 Å². The van der Waals surface area contributed by atoms with Crippen molar-refractivity contribution in [2.45, 2.75) is 18.9 Å². The number of amides is 1. The fourth-order valence-electron chi connectivity index (χ4n) is 1.77. The molecule has 0 saturated carbocycles. The lowest BCUT2D eigenvalue weighted by Gasteiger charge is -2.34. The van der Waals surface area contributed by atoms with E-state index in [1.165, 1.54) is 5.56 Å². The lowest BCUT2D eigenvalue weighted by Crippen LogP contribution is -2.51. The first-order valence-electron chi connectivity index (χ1n) is 5.23. The van der Waals surface area contributed by atoms with Crippen molar-refractivity contribution in [1.82, 2.24) is 5.32 Å². The maximum atomic E-state index is 11.0. The van der Waals surface area contributed by atoms with Crippen LogP contribution in [0.15, 0.2) is 28.7 Å². The van der Waals surface area contributed by atoms with E-state index in [1.54, 1.807) is 0 Å². The molecule has 0 bridgehead atoms.